The predicted octanol–water partition coefficient (Wildman–Crippen LogP) is 3.51. The summed E-state index contributed by atoms with van der Waals surface area (Å²) in [5.74, 6) is 0. The molecule has 0 atom stereocenters. The lowest BCUT2D eigenvalue weighted by Gasteiger charge is -1.95. The lowest BCUT2D eigenvalue weighted by Crippen LogP contribution is -1.92. The van der Waals surface area contributed by atoms with Crippen molar-refractivity contribution in [1.29, 1.82) is 0 Å². The van der Waals surface area contributed by atoms with E-state index in [1.807, 2.05) is 37.8 Å². The van der Waals surface area contributed by atoms with E-state index in [0.29, 0.717) is 0 Å². The third-order valence-corrected chi connectivity index (χ3v) is 1.75. The molecular formula is C12H20N2. The minimum atomic E-state index is 1.04. The third-order valence-electron chi connectivity index (χ3n) is 1.75. The van der Waals surface area contributed by atoms with Crippen LogP contribution in [0, 0.1) is 0 Å². The lowest BCUT2D eigenvalue weighted by atomic mass is 10.2. The van der Waals surface area contributed by atoms with Gasteiger partial charge in [0.2, 0.25) is 0 Å². The average molecular weight is 192 g/mol. The van der Waals surface area contributed by atoms with Gasteiger partial charge in [0.1, 0.15) is 0 Å². The highest BCUT2D eigenvalue weighted by Crippen LogP contribution is 2.10. The Kier molecular flexibility index (Phi) is 6.46. The van der Waals surface area contributed by atoms with Crippen molar-refractivity contribution in [3.63, 3.8) is 0 Å². The zero-order valence-electron chi connectivity index (χ0n) is 9.62. The molecule has 14 heavy (non-hydrogen) atoms. The molecule has 2 nitrogen and oxygen atoms in total. The molecule has 0 unspecified atom stereocenters. The Hall–Kier alpha value is -1.31. The molecule has 78 valence electrons. The molecule has 0 saturated carbocycles. The van der Waals surface area contributed by atoms with Crippen molar-refractivity contribution in [2.75, 3.05) is 0 Å². The van der Waals surface area contributed by atoms with Gasteiger partial charge < -0.3 is 0 Å². The molecule has 0 aliphatic rings. The first-order valence-corrected chi connectivity index (χ1v) is 5.10. The summed E-state index contributed by atoms with van der Waals surface area (Å²) in [6, 6.07) is 0. The highest BCUT2D eigenvalue weighted by Gasteiger charge is 1.99. The largest absolute Gasteiger partial charge is 0.268 e. The smallest absolute Gasteiger partial charge is 0.0675 e. The standard InChI is InChI=1S/C10H14N2.C2H6/c1-4-6-7-10-9(5-2)8-11-12(10)3;1-2/h5-8H,2,4H2,1,3H3;1-2H3/b7-6-;. The minimum absolute atomic E-state index is 1.04. The summed E-state index contributed by atoms with van der Waals surface area (Å²) >= 11 is 0. The highest BCUT2D eigenvalue weighted by molar-refractivity contribution is 5.60. The molecule has 0 saturated heterocycles. The molecule has 0 aliphatic carbocycles. The van der Waals surface area contributed by atoms with E-state index in [1.165, 1.54) is 0 Å². The van der Waals surface area contributed by atoms with Crippen molar-refractivity contribution in [1.82, 2.24) is 9.78 Å². The summed E-state index contributed by atoms with van der Waals surface area (Å²) in [5, 5.41) is 4.13. The normalized spacial score (nSPS) is 9.71. The first-order chi connectivity index (χ1) is 6.79. The molecule has 0 aromatic carbocycles. The van der Waals surface area contributed by atoms with E-state index in [4.69, 9.17) is 0 Å². The number of rotatable bonds is 3. The number of aromatic nitrogens is 2. The molecular weight excluding hydrogens is 172 g/mol. The maximum atomic E-state index is 4.13. The van der Waals surface area contributed by atoms with Crippen LogP contribution in [0.1, 0.15) is 38.4 Å². The molecule has 0 amide bonds. The van der Waals surface area contributed by atoms with Gasteiger partial charge >= 0.3 is 0 Å². The fourth-order valence-electron chi connectivity index (χ4n) is 1.05. The zero-order chi connectivity index (χ0) is 11.0. The molecule has 0 spiro atoms. The van der Waals surface area contributed by atoms with Crippen LogP contribution in [0.15, 0.2) is 18.9 Å². The molecule has 0 aliphatic heterocycles. The van der Waals surface area contributed by atoms with Crippen LogP contribution in [0.2, 0.25) is 0 Å². The van der Waals surface area contributed by atoms with Gasteiger partial charge in [-0.2, -0.15) is 5.10 Å². The zero-order valence-corrected chi connectivity index (χ0v) is 9.62. The second-order valence-electron chi connectivity index (χ2n) is 2.62. The van der Waals surface area contributed by atoms with Crippen LogP contribution >= 0.6 is 0 Å². The molecule has 1 aromatic heterocycles. The summed E-state index contributed by atoms with van der Waals surface area (Å²) in [7, 11) is 1.93. The number of aryl methyl sites for hydroxylation is 1. The summed E-state index contributed by atoms with van der Waals surface area (Å²) in [6.45, 7) is 9.84. The Morgan fingerprint density at radius 1 is 1.50 bits per heavy atom. The Morgan fingerprint density at radius 2 is 2.14 bits per heavy atom. The summed E-state index contributed by atoms with van der Waals surface area (Å²) in [5.41, 5.74) is 2.20. The van der Waals surface area contributed by atoms with E-state index in [2.05, 4.69) is 30.8 Å². The Bertz CT molecular complexity index is 295. The van der Waals surface area contributed by atoms with Crippen molar-refractivity contribution in [3.8, 4) is 0 Å². The van der Waals surface area contributed by atoms with Crippen LogP contribution in [0.4, 0.5) is 0 Å². The molecule has 0 fully saturated rings. The van der Waals surface area contributed by atoms with E-state index >= 15 is 0 Å². The molecule has 0 bridgehead atoms. The fraction of sp³-hybridized carbons (Fsp3) is 0.417. The molecule has 2 heteroatoms. The molecule has 1 rings (SSSR count). The van der Waals surface area contributed by atoms with Gasteiger partial charge in [-0.15, -0.1) is 0 Å². The van der Waals surface area contributed by atoms with Crippen LogP contribution in [-0.4, -0.2) is 9.78 Å². The van der Waals surface area contributed by atoms with Crippen LogP contribution in [0.25, 0.3) is 12.2 Å². The minimum Gasteiger partial charge on any atom is -0.268 e. The van der Waals surface area contributed by atoms with Gasteiger partial charge in [0.05, 0.1) is 11.9 Å². The van der Waals surface area contributed by atoms with Gasteiger partial charge in [0, 0.05) is 12.6 Å². The molecule has 1 aromatic rings. The maximum absolute atomic E-state index is 4.13. The van der Waals surface area contributed by atoms with Gasteiger partial charge in [-0.3, -0.25) is 4.68 Å². The van der Waals surface area contributed by atoms with Crippen molar-refractivity contribution < 1.29 is 0 Å². The van der Waals surface area contributed by atoms with Gasteiger partial charge in [-0.05, 0) is 12.5 Å². The number of hydrogen-bond acceptors (Lipinski definition) is 1. The van der Waals surface area contributed by atoms with Gasteiger partial charge in [0.25, 0.3) is 0 Å². The number of nitrogens with zero attached hydrogens (tertiary/aromatic N) is 2. The second kappa shape index (κ2) is 7.13. The van der Waals surface area contributed by atoms with Crippen molar-refractivity contribution in [3.05, 3.63) is 30.1 Å². The van der Waals surface area contributed by atoms with Crippen LogP contribution in [0.5, 0.6) is 0 Å². The maximum Gasteiger partial charge on any atom is 0.0675 e. The molecule has 1 heterocycles. The van der Waals surface area contributed by atoms with E-state index < -0.39 is 0 Å². The van der Waals surface area contributed by atoms with Crippen LogP contribution in [0.3, 0.4) is 0 Å². The van der Waals surface area contributed by atoms with E-state index in [9.17, 15) is 0 Å². The quantitative estimate of drug-likeness (QED) is 0.716. The third kappa shape index (κ3) is 3.21. The predicted molar refractivity (Wildman–Crippen MR) is 64.0 cm³/mol. The Morgan fingerprint density at radius 3 is 2.64 bits per heavy atom. The van der Waals surface area contributed by atoms with Gasteiger partial charge in [-0.1, -0.05) is 39.5 Å². The first kappa shape index (κ1) is 12.7. The number of allylic oxidation sites excluding steroid dienone is 1. The monoisotopic (exact) mass is 192 g/mol. The topological polar surface area (TPSA) is 17.8 Å². The highest BCUT2D eigenvalue weighted by atomic mass is 15.3. The van der Waals surface area contributed by atoms with E-state index in [0.717, 1.165) is 17.7 Å². The van der Waals surface area contributed by atoms with Crippen LogP contribution < -0.4 is 0 Å². The average Bonchev–Trinajstić information content (AvgIpc) is 2.59. The SMILES string of the molecule is C=Cc1cnn(C)c1/C=C\CC.CC. The first-order valence-electron chi connectivity index (χ1n) is 5.10. The van der Waals surface area contributed by atoms with Crippen molar-refractivity contribution in [2.45, 2.75) is 27.2 Å². The molecule has 0 radical (unpaired) electrons. The lowest BCUT2D eigenvalue weighted by molar-refractivity contribution is 0.759. The van der Waals surface area contributed by atoms with Gasteiger partial charge in [-0.25, -0.2) is 0 Å². The van der Waals surface area contributed by atoms with Gasteiger partial charge in [0.15, 0.2) is 0 Å². The summed E-state index contributed by atoms with van der Waals surface area (Å²) in [4.78, 5) is 0. The molecule has 0 N–H and O–H groups in total. The van der Waals surface area contributed by atoms with Crippen LogP contribution in [-0.2, 0) is 7.05 Å². The summed E-state index contributed by atoms with van der Waals surface area (Å²) < 4.78 is 1.85. The Labute approximate surface area is 86.9 Å². The second-order valence-corrected chi connectivity index (χ2v) is 2.62. The fourth-order valence-corrected chi connectivity index (χ4v) is 1.05. The van der Waals surface area contributed by atoms with Crippen molar-refractivity contribution >= 4 is 12.2 Å². The number of hydrogen-bond donors (Lipinski definition) is 0. The van der Waals surface area contributed by atoms with Crippen molar-refractivity contribution in [2.24, 2.45) is 7.05 Å². The summed E-state index contributed by atoms with van der Waals surface area (Å²) in [6.07, 6.45) is 8.88. The van der Waals surface area contributed by atoms with E-state index in [1.54, 1.807) is 0 Å². The van der Waals surface area contributed by atoms with E-state index in [-0.39, 0.29) is 0 Å². The Balaban J connectivity index is 0.000000791.